The molecular weight excluding hydrogens is 194 g/mol. The first-order chi connectivity index (χ1) is 7.27. The quantitative estimate of drug-likeness (QED) is 0.592. The Labute approximate surface area is 88.9 Å². The topological polar surface area (TPSA) is 51.5 Å². The molecule has 0 radical (unpaired) electrons. The Hall–Kier alpha value is -1.55. The number of likely N-dealkylation sites (N-methyl/N-ethyl adjacent to an activating group) is 1. The van der Waals surface area contributed by atoms with Gasteiger partial charge in [-0.2, -0.15) is 0 Å². The van der Waals surface area contributed by atoms with Crippen LogP contribution in [0.4, 0.5) is 0 Å². The van der Waals surface area contributed by atoms with E-state index in [1.807, 2.05) is 19.1 Å². The molecule has 0 aliphatic heterocycles. The van der Waals surface area contributed by atoms with E-state index >= 15 is 0 Å². The molecule has 0 bridgehead atoms. The number of carbonyl (C=O) groups is 1. The Kier molecular flexibility index (Phi) is 4.63. The van der Waals surface area contributed by atoms with Gasteiger partial charge in [-0.15, -0.1) is 0 Å². The van der Waals surface area contributed by atoms with Crippen LogP contribution in [0, 0.1) is 0 Å². The van der Waals surface area contributed by atoms with Gasteiger partial charge in [0.1, 0.15) is 5.76 Å². The van der Waals surface area contributed by atoms with E-state index in [9.17, 15) is 4.79 Å². The number of rotatable bonds is 5. The lowest BCUT2D eigenvalue weighted by Gasteiger charge is -1.93. The van der Waals surface area contributed by atoms with Gasteiger partial charge in [-0.1, -0.05) is 13.0 Å². The second-order valence-corrected chi connectivity index (χ2v) is 2.90. The molecule has 4 heteroatoms. The van der Waals surface area contributed by atoms with Crippen LogP contribution in [0.5, 0.6) is 0 Å². The molecule has 0 aliphatic rings. The van der Waals surface area contributed by atoms with Crippen molar-refractivity contribution in [3.63, 3.8) is 0 Å². The lowest BCUT2D eigenvalue weighted by atomic mass is 10.4. The first-order valence-electron chi connectivity index (χ1n) is 4.83. The van der Waals surface area contributed by atoms with Crippen molar-refractivity contribution in [3.8, 4) is 0 Å². The molecule has 1 heterocycles. The maximum absolute atomic E-state index is 11.1. The maximum atomic E-state index is 11.1. The van der Waals surface area contributed by atoms with Crippen molar-refractivity contribution in [1.82, 2.24) is 5.32 Å². The molecule has 1 N–H and O–H groups in total. The zero-order valence-electron chi connectivity index (χ0n) is 8.95. The van der Waals surface area contributed by atoms with E-state index in [0.717, 1.165) is 13.1 Å². The number of ether oxygens (including phenoxy) is 1. The Morgan fingerprint density at radius 3 is 3.07 bits per heavy atom. The van der Waals surface area contributed by atoms with Gasteiger partial charge in [0.2, 0.25) is 5.76 Å². The first kappa shape index (κ1) is 11.5. The molecule has 0 saturated heterocycles. The van der Waals surface area contributed by atoms with Gasteiger partial charge in [-0.05, 0) is 24.8 Å². The summed E-state index contributed by atoms with van der Waals surface area (Å²) in [6, 6.07) is 3.33. The van der Waals surface area contributed by atoms with Gasteiger partial charge in [-0.25, -0.2) is 4.79 Å². The number of methoxy groups -OCH3 is 1. The molecule has 0 saturated carbocycles. The minimum absolute atomic E-state index is 0.223. The maximum Gasteiger partial charge on any atom is 0.373 e. The summed E-state index contributed by atoms with van der Waals surface area (Å²) in [6.45, 7) is 3.75. The molecule has 1 aromatic heterocycles. The lowest BCUT2D eigenvalue weighted by Crippen LogP contribution is -2.11. The van der Waals surface area contributed by atoms with Crippen LogP contribution in [0.2, 0.25) is 0 Å². The molecule has 0 spiro atoms. The summed E-state index contributed by atoms with van der Waals surface area (Å²) in [6.07, 6.45) is 3.75. The second-order valence-electron chi connectivity index (χ2n) is 2.90. The van der Waals surface area contributed by atoms with Crippen LogP contribution in [0.1, 0.15) is 23.2 Å². The summed E-state index contributed by atoms with van der Waals surface area (Å²) in [4.78, 5) is 11.1. The molecule has 82 valence electrons. The van der Waals surface area contributed by atoms with E-state index in [0.29, 0.717) is 5.76 Å². The molecule has 0 aromatic carbocycles. The van der Waals surface area contributed by atoms with Crippen LogP contribution in [-0.4, -0.2) is 26.2 Å². The molecule has 1 aromatic rings. The summed E-state index contributed by atoms with van der Waals surface area (Å²) in [7, 11) is 1.32. The van der Waals surface area contributed by atoms with Crippen molar-refractivity contribution in [2.24, 2.45) is 0 Å². The van der Waals surface area contributed by atoms with Crippen LogP contribution in [0.15, 0.2) is 22.6 Å². The Bertz CT molecular complexity index is 341. The van der Waals surface area contributed by atoms with Crippen LogP contribution in [0.25, 0.3) is 6.08 Å². The number of furan rings is 1. The molecule has 0 unspecified atom stereocenters. The number of hydrogen-bond donors (Lipinski definition) is 1. The summed E-state index contributed by atoms with van der Waals surface area (Å²) < 4.78 is 9.75. The van der Waals surface area contributed by atoms with Gasteiger partial charge in [0.15, 0.2) is 0 Å². The highest BCUT2D eigenvalue weighted by atomic mass is 16.5. The lowest BCUT2D eigenvalue weighted by molar-refractivity contribution is 0.0564. The highest BCUT2D eigenvalue weighted by molar-refractivity contribution is 5.86. The highest BCUT2D eigenvalue weighted by Crippen LogP contribution is 2.10. The number of nitrogens with one attached hydrogen (secondary N) is 1. The van der Waals surface area contributed by atoms with Crippen LogP contribution in [0.3, 0.4) is 0 Å². The molecule has 0 atom stereocenters. The van der Waals surface area contributed by atoms with Gasteiger partial charge >= 0.3 is 5.97 Å². The predicted molar refractivity (Wildman–Crippen MR) is 57.6 cm³/mol. The van der Waals surface area contributed by atoms with Gasteiger partial charge in [0.25, 0.3) is 0 Å². The van der Waals surface area contributed by atoms with Crippen LogP contribution < -0.4 is 5.32 Å². The SMILES string of the molecule is CCNCC=Cc1ccc(C(=O)OC)o1. The monoisotopic (exact) mass is 209 g/mol. The Morgan fingerprint density at radius 1 is 1.60 bits per heavy atom. The van der Waals surface area contributed by atoms with E-state index in [1.54, 1.807) is 12.1 Å². The van der Waals surface area contributed by atoms with Gasteiger partial charge in [0.05, 0.1) is 7.11 Å². The fraction of sp³-hybridized carbons (Fsp3) is 0.364. The summed E-state index contributed by atoms with van der Waals surface area (Å²) in [5.41, 5.74) is 0. The zero-order chi connectivity index (χ0) is 11.1. The van der Waals surface area contributed by atoms with Crippen molar-refractivity contribution in [3.05, 3.63) is 29.7 Å². The first-order valence-corrected chi connectivity index (χ1v) is 4.83. The van der Waals surface area contributed by atoms with E-state index in [1.165, 1.54) is 7.11 Å². The fourth-order valence-electron chi connectivity index (χ4n) is 1.06. The van der Waals surface area contributed by atoms with E-state index in [4.69, 9.17) is 4.42 Å². The molecule has 4 nitrogen and oxygen atoms in total. The van der Waals surface area contributed by atoms with Gasteiger partial charge < -0.3 is 14.5 Å². The third-order valence-electron chi connectivity index (χ3n) is 1.81. The molecule has 15 heavy (non-hydrogen) atoms. The molecule has 0 amide bonds. The smallest absolute Gasteiger partial charge is 0.373 e. The van der Waals surface area contributed by atoms with Crippen molar-refractivity contribution in [2.45, 2.75) is 6.92 Å². The Balaban J connectivity index is 2.52. The van der Waals surface area contributed by atoms with Crippen molar-refractivity contribution in [1.29, 1.82) is 0 Å². The molecule has 0 fully saturated rings. The van der Waals surface area contributed by atoms with Crippen LogP contribution in [-0.2, 0) is 4.74 Å². The Morgan fingerprint density at radius 2 is 2.40 bits per heavy atom. The van der Waals surface area contributed by atoms with Crippen molar-refractivity contribution >= 4 is 12.0 Å². The minimum atomic E-state index is -0.457. The van der Waals surface area contributed by atoms with Crippen LogP contribution >= 0.6 is 0 Å². The van der Waals surface area contributed by atoms with Gasteiger partial charge in [0, 0.05) is 6.54 Å². The third-order valence-corrected chi connectivity index (χ3v) is 1.81. The normalized spacial score (nSPS) is 10.8. The average Bonchev–Trinajstić information content (AvgIpc) is 2.72. The van der Waals surface area contributed by atoms with E-state index in [-0.39, 0.29) is 5.76 Å². The summed E-state index contributed by atoms with van der Waals surface area (Å²) in [5.74, 6) is 0.412. The molecule has 1 rings (SSSR count). The fourth-order valence-corrected chi connectivity index (χ4v) is 1.06. The highest BCUT2D eigenvalue weighted by Gasteiger charge is 2.08. The van der Waals surface area contributed by atoms with Gasteiger partial charge in [-0.3, -0.25) is 0 Å². The standard InChI is InChI=1S/C11H15NO3/c1-3-12-8-4-5-9-6-7-10(15-9)11(13)14-2/h4-7,12H,3,8H2,1-2H3. The zero-order valence-corrected chi connectivity index (χ0v) is 8.95. The number of hydrogen-bond acceptors (Lipinski definition) is 4. The number of esters is 1. The predicted octanol–water partition coefficient (Wildman–Crippen LogP) is 1.69. The molecule has 0 aliphatic carbocycles. The van der Waals surface area contributed by atoms with Crippen molar-refractivity contribution in [2.75, 3.05) is 20.2 Å². The average molecular weight is 209 g/mol. The second kappa shape index (κ2) is 6.03. The largest absolute Gasteiger partial charge is 0.463 e. The van der Waals surface area contributed by atoms with E-state index in [2.05, 4.69) is 10.1 Å². The third kappa shape index (κ3) is 3.59. The van der Waals surface area contributed by atoms with Crippen molar-refractivity contribution < 1.29 is 13.9 Å². The van der Waals surface area contributed by atoms with E-state index < -0.39 is 5.97 Å². The minimum Gasteiger partial charge on any atom is -0.463 e. The number of carbonyl (C=O) groups excluding carboxylic acids is 1. The molecular formula is C11H15NO3. The summed E-state index contributed by atoms with van der Waals surface area (Å²) in [5, 5.41) is 3.14. The summed E-state index contributed by atoms with van der Waals surface area (Å²) >= 11 is 0.